The zero-order valence-corrected chi connectivity index (χ0v) is 12.2. The van der Waals surface area contributed by atoms with Crippen LogP contribution in [0.4, 0.5) is 8.78 Å². The van der Waals surface area contributed by atoms with E-state index in [1.807, 2.05) is 0 Å². The molecule has 0 aliphatic carbocycles. The highest BCUT2D eigenvalue weighted by molar-refractivity contribution is 6.32. The second kappa shape index (κ2) is 6.28. The third kappa shape index (κ3) is 2.94. The third-order valence-electron chi connectivity index (χ3n) is 3.13. The first-order valence-electron chi connectivity index (χ1n) is 6.10. The fourth-order valence-corrected chi connectivity index (χ4v) is 2.39. The van der Waals surface area contributed by atoms with Gasteiger partial charge in [0, 0.05) is 5.56 Å². The fraction of sp³-hybridized carbons (Fsp3) is 0.200. The molecule has 0 aliphatic rings. The number of ether oxygens (including phenoxy) is 2. The summed E-state index contributed by atoms with van der Waals surface area (Å²) in [6.45, 7) is 0. The second-order valence-electron chi connectivity index (χ2n) is 4.35. The van der Waals surface area contributed by atoms with Crippen LogP contribution in [0, 0.1) is 11.6 Å². The number of nitrogens with two attached hydrogens (primary N) is 1. The Morgan fingerprint density at radius 1 is 1.10 bits per heavy atom. The summed E-state index contributed by atoms with van der Waals surface area (Å²) in [5, 5.41) is 0.249. The molecule has 0 saturated heterocycles. The topological polar surface area (TPSA) is 44.5 Å². The van der Waals surface area contributed by atoms with Crippen molar-refractivity contribution in [2.45, 2.75) is 6.04 Å². The van der Waals surface area contributed by atoms with Gasteiger partial charge in [0.15, 0.2) is 11.5 Å². The van der Waals surface area contributed by atoms with Gasteiger partial charge in [0.25, 0.3) is 0 Å². The van der Waals surface area contributed by atoms with Gasteiger partial charge in [-0.3, -0.25) is 0 Å². The van der Waals surface area contributed by atoms with Crippen molar-refractivity contribution in [1.82, 2.24) is 0 Å². The highest BCUT2D eigenvalue weighted by atomic mass is 35.5. The summed E-state index contributed by atoms with van der Waals surface area (Å²) in [5.41, 5.74) is 6.16. The Morgan fingerprint density at radius 2 is 1.71 bits per heavy atom. The van der Waals surface area contributed by atoms with E-state index in [4.69, 9.17) is 26.8 Å². The molecule has 0 amide bonds. The lowest BCUT2D eigenvalue weighted by Crippen LogP contribution is -2.16. The summed E-state index contributed by atoms with van der Waals surface area (Å²) in [7, 11) is 2.88. The maximum atomic E-state index is 13.8. The normalized spacial score (nSPS) is 12.1. The summed E-state index contributed by atoms with van der Waals surface area (Å²) in [6.07, 6.45) is 0. The van der Waals surface area contributed by atoms with Gasteiger partial charge in [-0.2, -0.15) is 0 Å². The van der Waals surface area contributed by atoms with Crippen LogP contribution in [0.15, 0.2) is 30.3 Å². The Morgan fingerprint density at radius 3 is 2.24 bits per heavy atom. The van der Waals surface area contributed by atoms with Crippen molar-refractivity contribution in [2.24, 2.45) is 5.73 Å². The molecule has 2 aromatic rings. The van der Waals surface area contributed by atoms with E-state index in [1.165, 1.54) is 26.4 Å². The molecular weight excluding hydrogens is 300 g/mol. The molecule has 3 nitrogen and oxygen atoms in total. The summed E-state index contributed by atoms with van der Waals surface area (Å²) >= 11 is 6.08. The van der Waals surface area contributed by atoms with Crippen molar-refractivity contribution in [1.29, 1.82) is 0 Å². The van der Waals surface area contributed by atoms with Gasteiger partial charge in [-0.1, -0.05) is 17.7 Å². The monoisotopic (exact) mass is 313 g/mol. The number of hydrogen-bond donors (Lipinski definition) is 1. The van der Waals surface area contributed by atoms with Crippen LogP contribution >= 0.6 is 11.6 Å². The van der Waals surface area contributed by atoms with Crippen molar-refractivity contribution in [3.8, 4) is 11.5 Å². The molecule has 0 fully saturated rings. The van der Waals surface area contributed by atoms with Crippen LogP contribution in [0.3, 0.4) is 0 Å². The van der Waals surface area contributed by atoms with Gasteiger partial charge in [0.1, 0.15) is 11.6 Å². The zero-order valence-electron chi connectivity index (χ0n) is 11.5. The smallest absolute Gasteiger partial charge is 0.179 e. The predicted octanol–water partition coefficient (Wildman–Crippen LogP) is 3.68. The molecule has 0 saturated carbocycles. The van der Waals surface area contributed by atoms with Crippen LogP contribution in [-0.2, 0) is 0 Å². The van der Waals surface area contributed by atoms with Crippen LogP contribution < -0.4 is 15.2 Å². The first-order valence-corrected chi connectivity index (χ1v) is 6.48. The lowest BCUT2D eigenvalue weighted by atomic mass is 9.98. The molecule has 0 radical (unpaired) electrons. The van der Waals surface area contributed by atoms with Crippen molar-refractivity contribution >= 4 is 11.6 Å². The molecule has 2 rings (SSSR count). The summed E-state index contributed by atoms with van der Waals surface area (Å²) in [6, 6.07) is 5.62. The van der Waals surface area contributed by atoms with Crippen LogP contribution in [0.25, 0.3) is 0 Å². The Hall–Kier alpha value is -1.85. The molecular formula is C15H14ClF2NO2. The average molecular weight is 314 g/mol. The summed E-state index contributed by atoms with van der Waals surface area (Å²) in [4.78, 5) is 0. The minimum Gasteiger partial charge on any atom is -0.493 e. The Bertz CT molecular complexity index is 644. The Labute approximate surface area is 126 Å². The van der Waals surface area contributed by atoms with E-state index < -0.39 is 17.7 Å². The van der Waals surface area contributed by atoms with Gasteiger partial charge >= 0.3 is 0 Å². The number of hydrogen-bond acceptors (Lipinski definition) is 3. The minimum absolute atomic E-state index is 0.221. The largest absolute Gasteiger partial charge is 0.493 e. The third-order valence-corrected chi connectivity index (χ3v) is 3.41. The molecule has 21 heavy (non-hydrogen) atoms. The van der Waals surface area contributed by atoms with E-state index in [9.17, 15) is 8.78 Å². The molecule has 2 N–H and O–H groups in total. The van der Waals surface area contributed by atoms with Crippen molar-refractivity contribution in [2.75, 3.05) is 14.2 Å². The minimum atomic E-state index is -1.01. The van der Waals surface area contributed by atoms with E-state index >= 15 is 0 Å². The van der Waals surface area contributed by atoms with Crippen molar-refractivity contribution in [3.63, 3.8) is 0 Å². The van der Waals surface area contributed by atoms with Gasteiger partial charge in [-0.05, 0) is 29.8 Å². The first-order chi connectivity index (χ1) is 9.99. The molecule has 112 valence electrons. The highest BCUT2D eigenvalue weighted by Gasteiger charge is 2.21. The van der Waals surface area contributed by atoms with E-state index in [1.54, 1.807) is 6.07 Å². The number of methoxy groups -OCH3 is 2. The maximum absolute atomic E-state index is 13.8. The standard InChI is InChI=1S/C15H14ClF2NO2/c1-20-12-7-8(6-9(16)15(12)21-2)14(19)13-10(17)4-3-5-11(13)18/h3-7,14H,19H2,1-2H3. The molecule has 0 heterocycles. The number of halogens is 3. The second-order valence-corrected chi connectivity index (χ2v) is 4.76. The molecule has 0 aliphatic heterocycles. The quantitative estimate of drug-likeness (QED) is 0.936. The predicted molar refractivity (Wildman–Crippen MR) is 76.9 cm³/mol. The SMILES string of the molecule is COc1cc(C(N)c2c(F)cccc2F)cc(Cl)c1OC. The van der Waals surface area contributed by atoms with Crippen molar-refractivity contribution < 1.29 is 18.3 Å². The van der Waals surface area contributed by atoms with Crippen molar-refractivity contribution in [3.05, 3.63) is 58.1 Å². The molecule has 6 heteroatoms. The number of rotatable bonds is 4. The molecule has 0 aromatic heterocycles. The highest BCUT2D eigenvalue weighted by Crippen LogP contribution is 2.38. The van der Waals surface area contributed by atoms with Crippen LogP contribution in [0.5, 0.6) is 11.5 Å². The summed E-state index contributed by atoms with van der Waals surface area (Å²) < 4.78 is 37.9. The first kappa shape index (κ1) is 15.5. The molecule has 0 bridgehead atoms. The van der Waals surface area contributed by atoms with E-state index in [-0.39, 0.29) is 10.6 Å². The van der Waals surface area contributed by atoms with E-state index in [0.717, 1.165) is 12.1 Å². The molecule has 2 aromatic carbocycles. The number of benzene rings is 2. The lowest BCUT2D eigenvalue weighted by molar-refractivity contribution is 0.354. The van der Waals surface area contributed by atoms with Gasteiger partial charge < -0.3 is 15.2 Å². The van der Waals surface area contributed by atoms with E-state index in [0.29, 0.717) is 17.1 Å². The van der Waals surface area contributed by atoms with Gasteiger partial charge in [-0.15, -0.1) is 0 Å². The Balaban J connectivity index is 2.54. The van der Waals surface area contributed by atoms with Crippen LogP contribution in [0.1, 0.15) is 17.2 Å². The lowest BCUT2D eigenvalue weighted by Gasteiger charge is -2.17. The van der Waals surface area contributed by atoms with Crippen LogP contribution in [-0.4, -0.2) is 14.2 Å². The fourth-order valence-electron chi connectivity index (χ4n) is 2.09. The molecule has 1 unspecified atom stereocenters. The maximum Gasteiger partial charge on any atom is 0.179 e. The summed E-state index contributed by atoms with van der Waals surface area (Å²) in [5.74, 6) is -0.752. The Kier molecular flexibility index (Phi) is 4.65. The van der Waals surface area contributed by atoms with Gasteiger partial charge in [0.2, 0.25) is 0 Å². The molecule has 1 atom stereocenters. The van der Waals surface area contributed by atoms with Crippen LogP contribution in [0.2, 0.25) is 5.02 Å². The average Bonchev–Trinajstić information content (AvgIpc) is 2.45. The van der Waals surface area contributed by atoms with Gasteiger partial charge in [0.05, 0.1) is 25.3 Å². The van der Waals surface area contributed by atoms with Gasteiger partial charge in [-0.25, -0.2) is 8.78 Å². The van der Waals surface area contributed by atoms with E-state index in [2.05, 4.69) is 0 Å². The zero-order chi connectivity index (χ0) is 15.6. The molecule has 0 spiro atoms.